The van der Waals surface area contributed by atoms with Gasteiger partial charge in [-0.15, -0.1) is 12.4 Å². The van der Waals surface area contributed by atoms with Crippen molar-refractivity contribution < 1.29 is 9.59 Å². The average Bonchev–Trinajstić information content (AvgIpc) is 3.27. The molecule has 1 aliphatic carbocycles. The van der Waals surface area contributed by atoms with Crippen LogP contribution >= 0.6 is 12.4 Å². The lowest BCUT2D eigenvalue weighted by Crippen LogP contribution is -2.46. The summed E-state index contributed by atoms with van der Waals surface area (Å²) in [6.45, 7) is 3.78. The van der Waals surface area contributed by atoms with Crippen LogP contribution in [0.2, 0.25) is 0 Å². The van der Waals surface area contributed by atoms with Gasteiger partial charge in [0.05, 0.1) is 0 Å². The van der Waals surface area contributed by atoms with Gasteiger partial charge >= 0.3 is 0 Å². The predicted molar refractivity (Wildman–Crippen MR) is 102 cm³/mol. The van der Waals surface area contributed by atoms with E-state index in [4.69, 9.17) is 0 Å². The van der Waals surface area contributed by atoms with E-state index in [0.29, 0.717) is 30.6 Å². The molecule has 1 atom stereocenters. The maximum absolute atomic E-state index is 12.3. The van der Waals surface area contributed by atoms with E-state index in [2.05, 4.69) is 10.6 Å². The Morgan fingerprint density at radius 3 is 2.36 bits per heavy atom. The molecule has 2 heterocycles. The van der Waals surface area contributed by atoms with E-state index >= 15 is 0 Å². The molecule has 1 saturated carbocycles. The topological polar surface area (TPSA) is 61.4 Å². The van der Waals surface area contributed by atoms with E-state index in [1.54, 1.807) is 0 Å². The molecule has 0 spiro atoms. The molecule has 25 heavy (non-hydrogen) atoms. The summed E-state index contributed by atoms with van der Waals surface area (Å²) in [5.74, 6) is 1.82. The number of carbonyl (C=O) groups is 2. The molecule has 3 rings (SSSR count). The minimum atomic E-state index is 0. The quantitative estimate of drug-likeness (QED) is 0.754. The first kappa shape index (κ1) is 20.5. The van der Waals surface area contributed by atoms with Gasteiger partial charge in [-0.25, -0.2) is 0 Å². The second kappa shape index (κ2) is 10.4. The van der Waals surface area contributed by atoms with E-state index < -0.39 is 0 Å². The van der Waals surface area contributed by atoms with Crippen LogP contribution in [0.15, 0.2) is 0 Å². The lowest BCUT2D eigenvalue weighted by atomic mass is 10.00. The van der Waals surface area contributed by atoms with Crippen LogP contribution in [-0.2, 0) is 9.59 Å². The molecule has 2 N–H and O–H groups in total. The standard InChI is InChI=1S/C19H33N3O2.ClH/c23-18(13-15-3-1-2-4-15)21-17-8-11-22(12-9-17)19(24)6-5-16-7-10-20-14-16;/h15-17,20H,1-14H2,(H,21,23);1H. The van der Waals surface area contributed by atoms with Gasteiger partial charge in [-0.05, 0) is 63.5 Å². The minimum absolute atomic E-state index is 0. The molecule has 3 aliphatic rings. The summed E-state index contributed by atoms with van der Waals surface area (Å²) in [4.78, 5) is 26.5. The fourth-order valence-electron chi connectivity index (χ4n) is 4.48. The van der Waals surface area contributed by atoms with Gasteiger partial charge in [0.1, 0.15) is 0 Å². The Hall–Kier alpha value is -0.810. The molecule has 5 nitrogen and oxygen atoms in total. The minimum Gasteiger partial charge on any atom is -0.353 e. The number of nitrogens with zero attached hydrogens (tertiary/aromatic N) is 1. The van der Waals surface area contributed by atoms with E-state index in [0.717, 1.165) is 45.4 Å². The highest BCUT2D eigenvalue weighted by Gasteiger charge is 2.26. The van der Waals surface area contributed by atoms with Crippen LogP contribution in [0.25, 0.3) is 0 Å². The fraction of sp³-hybridized carbons (Fsp3) is 0.895. The zero-order valence-electron chi connectivity index (χ0n) is 15.3. The van der Waals surface area contributed by atoms with Crippen molar-refractivity contribution in [3.63, 3.8) is 0 Å². The predicted octanol–water partition coefficient (Wildman–Crippen LogP) is 2.49. The molecule has 6 heteroatoms. The summed E-state index contributed by atoms with van der Waals surface area (Å²) in [5.41, 5.74) is 0. The van der Waals surface area contributed by atoms with Gasteiger partial charge in [0, 0.05) is 32.0 Å². The van der Waals surface area contributed by atoms with Crippen LogP contribution in [-0.4, -0.2) is 48.9 Å². The van der Waals surface area contributed by atoms with Gasteiger partial charge in [0.25, 0.3) is 0 Å². The Balaban J connectivity index is 0.00000225. The lowest BCUT2D eigenvalue weighted by Gasteiger charge is -2.33. The first-order chi connectivity index (χ1) is 11.7. The molecule has 1 unspecified atom stereocenters. The molecular formula is C19H34ClN3O2. The van der Waals surface area contributed by atoms with E-state index in [9.17, 15) is 9.59 Å². The van der Waals surface area contributed by atoms with Crippen molar-refractivity contribution in [3.05, 3.63) is 0 Å². The molecule has 2 saturated heterocycles. The third kappa shape index (κ3) is 6.45. The molecule has 2 aliphatic heterocycles. The first-order valence-electron chi connectivity index (χ1n) is 9.98. The highest BCUT2D eigenvalue weighted by atomic mass is 35.5. The Morgan fingerprint density at radius 1 is 1.00 bits per heavy atom. The van der Waals surface area contributed by atoms with Crippen LogP contribution in [0, 0.1) is 11.8 Å². The molecule has 0 aromatic heterocycles. The number of halogens is 1. The zero-order valence-corrected chi connectivity index (χ0v) is 16.1. The van der Waals surface area contributed by atoms with Crippen molar-refractivity contribution in [2.45, 2.75) is 70.3 Å². The van der Waals surface area contributed by atoms with Crippen molar-refractivity contribution >= 4 is 24.2 Å². The van der Waals surface area contributed by atoms with Gasteiger partial charge in [-0.1, -0.05) is 12.8 Å². The SMILES string of the molecule is Cl.O=C(CC1CCCC1)NC1CCN(C(=O)CCC2CCNC2)CC1. The third-order valence-electron chi connectivity index (χ3n) is 6.09. The van der Waals surface area contributed by atoms with E-state index in [1.165, 1.54) is 32.1 Å². The van der Waals surface area contributed by atoms with Crippen LogP contribution in [0.5, 0.6) is 0 Å². The molecule has 0 aromatic rings. The summed E-state index contributed by atoms with van der Waals surface area (Å²) >= 11 is 0. The monoisotopic (exact) mass is 371 g/mol. The summed E-state index contributed by atoms with van der Waals surface area (Å²) in [6, 6.07) is 0.266. The second-order valence-electron chi connectivity index (χ2n) is 7.97. The van der Waals surface area contributed by atoms with Crippen LogP contribution < -0.4 is 10.6 Å². The van der Waals surface area contributed by atoms with Crippen molar-refractivity contribution in [1.29, 1.82) is 0 Å². The number of likely N-dealkylation sites (tertiary alicyclic amines) is 1. The highest BCUT2D eigenvalue weighted by Crippen LogP contribution is 2.27. The van der Waals surface area contributed by atoms with Gasteiger partial charge in [0.2, 0.25) is 11.8 Å². The van der Waals surface area contributed by atoms with Crippen molar-refractivity contribution in [3.8, 4) is 0 Å². The Morgan fingerprint density at radius 2 is 1.72 bits per heavy atom. The fourth-order valence-corrected chi connectivity index (χ4v) is 4.48. The number of carbonyl (C=O) groups excluding carboxylic acids is 2. The Kier molecular flexibility index (Phi) is 8.50. The van der Waals surface area contributed by atoms with Gasteiger partial charge < -0.3 is 15.5 Å². The van der Waals surface area contributed by atoms with Crippen LogP contribution in [0.1, 0.15) is 64.2 Å². The molecule has 144 valence electrons. The van der Waals surface area contributed by atoms with Gasteiger partial charge in [-0.3, -0.25) is 9.59 Å². The zero-order chi connectivity index (χ0) is 16.8. The van der Waals surface area contributed by atoms with Crippen molar-refractivity contribution in [2.24, 2.45) is 11.8 Å². The molecule has 3 fully saturated rings. The van der Waals surface area contributed by atoms with Crippen LogP contribution in [0.4, 0.5) is 0 Å². The van der Waals surface area contributed by atoms with Gasteiger partial charge in [-0.2, -0.15) is 0 Å². The molecular weight excluding hydrogens is 338 g/mol. The summed E-state index contributed by atoms with van der Waals surface area (Å²) in [6.07, 6.45) is 10.4. The van der Waals surface area contributed by atoms with E-state index in [-0.39, 0.29) is 24.4 Å². The summed E-state index contributed by atoms with van der Waals surface area (Å²) in [7, 11) is 0. The normalized spacial score (nSPS) is 25.0. The lowest BCUT2D eigenvalue weighted by molar-refractivity contribution is -0.132. The van der Waals surface area contributed by atoms with E-state index in [1.807, 2.05) is 4.90 Å². The third-order valence-corrected chi connectivity index (χ3v) is 6.09. The van der Waals surface area contributed by atoms with Crippen molar-refractivity contribution in [1.82, 2.24) is 15.5 Å². The molecule has 0 bridgehead atoms. The van der Waals surface area contributed by atoms with Crippen LogP contribution in [0.3, 0.4) is 0 Å². The molecule has 0 radical (unpaired) electrons. The number of amides is 2. The number of nitrogens with one attached hydrogen (secondary N) is 2. The second-order valence-corrected chi connectivity index (χ2v) is 7.97. The Labute approximate surface area is 158 Å². The number of hydrogen-bond acceptors (Lipinski definition) is 3. The number of hydrogen-bond donors (Lipinski definition) is 2. The number of piperidine rings is 1. The van der Waals surface area contributed by atoms with Crippen molar-refractivity contribution in [2.75, 3.05) is 26.2 Å². The number of rotatable bonds is 6. The largest absolute Gasteiger partial charge is 0.353 e. The molecule has 0 aromatic carbocycles. The first-order valence-corrected chi connectivity index (χ1v) is 9.98. The maximum Gasteiger partial charge on any atom is 0.222 e. The summed E-state index contributed by atoms with van der Waals surface area (Å²) < 4.78 is 0. The maximum atomic E-state index is 12.3. The van der Waals surface area contributed by atoms with Gasteiger partial charge in [0.15, 0.2) is 0 Å². The summed E-state index contributed by atoms with van der Waals surface area (Å²) in [5, 5.41) is 6.56. The Bertz CT molecular complexity index is 426. The average molecular weight is 372 g/mol. The smallest absolute Gasteiger partial charge is 0.222 e. The molecule has 2 amide bonds. The highest BCUT2D eigenvalue weighted by molar-refractivity contribution is 5.85.